The number of ether oxygens (including phenoxy) is 2. The highest BCUT2D eigenvalue weighted by Crippen LogP contribution is 2.43. The van der Waals surface area contributed by atoms with Gasteiger partial charge in [-0.2, -0.15) is 13.2 Å². The number of hydrogen-bond acceptors (Lipinski definition) is 8. The number of hydrazine groups is 1. The molecule has 282 valence electrons. The van der Waals surface area contributed by atoms with Crippen molar-refractivity contribution in [2.24, 2.45) is 4.99 Å². The predicted octanol–water partition coefficient (Wildman–Crippen LogP) is 6.18. The lowest BCUT2D eigenvalue weighted by molar-refractivity contribution is -0.137. The lowest BCUT2D eigenvalue weighted by Crippen LogP contribution is -2.59. The van der Waals surface area contributed by atoms with Crippen LogP contribution >= 0.6 is 0 Å². The number of carbonyl (C=O) groups excluding carboxylic acids is 2. The standard InChI is InChI=1S/C37H48F3N5O5.C2H2/c1-24(2)20-32(41-5)29-22-28(37(38,39)40)9-10-31(29)43-35(48)30(34(47)36(12-7-13-36)44(6)42-23-46)21-27-8-11-33(26(4)25(27)3)50-19-16-45-14-17-49-18-15-45;1-2/h8-11,20,22-23,47H,7,12-19,21H2,1-6H3,(H,42,46)(H,43,48);1-2H/b34-30-,41-32?;. The first-order valence-corrected chi connectivity index (χ1v) is 17.1. The van der Waals surface area contributed by atoms with Crippen LogP contribution in [0.2, 0.25) is 0 Å². The van der Waals surface area contributed by atoms with Crippen LogP contribution in [0.5, 0.6) is 5.75 Å². The number of anilines is 1. The third kappa shape index (κ3) is 10.0. The minimum Gasteiger partial charge on any atom is -0.510 e. The van der Waals surface area contributed by atoms with E-state index < -0.39 is 23.2 Å². The maximum absolute atomic E-state index is 14.3. The number of allylic oxidation sites excluding steroid dienone is 2. The monoisotopic (exact) mass is 725 g/mol. The summed E-state index contributed by atoms with van der Waals surface area (Å²) >= 11 is 0. The van der Waals surface area contributed by atoms with Gasteiger partial charge in [-0.3, -0.25) is 24.9 Å². The fourth-order valence-electron chi connectivity index (χ4n) is 6.27. The SMILES string of the molecule is C#C.CN=C(C=C(C)C)c1cc(C(F)(F)F)ccc1NC(=O)/C(Cc1ccc(OCCN2CCOCC2)c(C)c1C)=C(\O)C1(N(C)NC=O)CCC1. The summed E-state index contributed by atoms with van der Waals surface area (Å²) in [6.45, 7) is 11.8. The number of nitrogens with zero attached hydrogens (tertiary/aromatic N) is 3. The van der Waals surface area contributed by atoms with Crippen molar-refractivity contribution in [1.29, 1.82) is 0 Å². The van der Waals surface area contributed by atoms with E-state index in [1.165, 1.54) is 18.1 Å². The van der Waals surface area contributed by atoms with Gasteiger partial charge in [-0.15, -0.1) is 12.8 Å². The van der Waals surface area contributed by atoms with Gasteiger partial charge >= 0.3 is 6.18 Å². The zero-order valence-electron chi connectivity index (χ0n) is 30.8. The van der Waals surface area contributed by atoms with Crippen LogP contribution in [0, 0.1) is 26.7 Å². The number of nitrogens with one attached hydrogen (secondary N) is 2. The molecule has 0 radical (unpaired) electrons. The lowest BCUT2D eigenvalue weighted by atomic mass is 9.73. The molecule has 3 N–H and O–H groups in total. The van der Waals surface area contributed by atoms with Gasteiger partial charge in [0.1, 0.15) is 18.1 Å². The fourth-order valence-corrected chi connectivity index (χ4v) is 6.27. The van der Waals surface area contributed by atoms with Crippen molar-refractivity contribution >= 4 is 23.7 Å². The second kappa shape index (κ2) is 18.7. The molecule has 0 atom stereocenters. The van der Waals surface area contributed by atoms with E-state index in [1.807, 2.05) is 26.0 Å². The molecule has 0 spiro atoms. The normalized spacial score (nSPS) is 16.4. The molecule has 0 aromatic heterocycles. The van der Waals surface area contributed by atoms with E-state index in [0.29, 0.717) is 44.8 Å². The highest BCUT2D eigenvalue weighted by molar-refractivity contribution is 6.15. The summed E-state index contributed by atoms with van der Waals surface area (Å²) in [5.41, 5.74) is 4.43. The van der Waals surface area contributed by atoms with Crippen molar-refractivity contribution < 1.29 is 37.3 Å². The number of benzene rings is 2. The first-order chi connectivity index (χ1) is 24.7. The topological polar surface area (TPSA) is 116 Å². The Balaban J connectivity index is 0.00000358. The molecule has 2 aromatic carbocycles. The average Bonchev–Trinajstić information content (AvgIpc) is 3.09. The van der Waals surface area contributed by atoms with Gasteiger partial charge in [0.15, 0.2) is 0 Å². The van der Waals surface area contributed by atoms with E-state index in [0.717, 1.165) is 60.5 Å². The van der Waals surface area contributed by atoms with Crippen molar-refractivity contribution in [3.8, 4) is 18.6 Å². The van der Waals surface area contributed by atoms with E-state index in [1.54, 1.807) is 27.0 Å². The maximum atomic E-state index is 14.3. The van der Waals surface area contributed by atoms with Crippen LogP contribution in [0.1, 0.15) is 60.9 Å². The highest BCUT2D eigenvalue weighted by atomic mass is 19.4. The van der Waals surface area contributed by atoms with E-state index in [4.69, 9.17) is 9.47 Å². The lowest BCUT2D eigenvalue weighted by Gasteiger charge is -2.47. The Labute approximate surface area is 304 Å². The molecule has 2 aliphatic rings. The van der Waals surface area contributed by atoms with Gasteiger partial charge < -0.3 is 19.9 Å². The van der Waals surface area contributed by atoms with Crippen LogP contribution in [0.25, 0.3) is 0 Å². The molecule has 1 heterocycles. The Kier molecular flexibility index (Phi) is 15.0. The number of aliphatic hydroxyl groups is 1. The molecule has 2 fully saturated rings. The maximum Gasteiger partial charge on any atom is 0.416 e. The van der Waals surface area contributed by atoms with Crippen molar-refractivity contribution in [1.82, 2.24) is 15.3 Å². The zero-order chi connectivity index (χ0) is 38.6. The molecule has 13 heteroatoms. The third-order valence-corrected chi connectivity index (χ3v) is 9.59. The van der Waals surface area contributed by atoms with Crippen molar-refractivity contribution in [3.63, 3.8) is 0 Å². The molecule has 1 saturated heterocycles. The largest absolute Gasteiger partial charge is 0.510 e. The number of hydrogen-bond donors (Lipinski definition) is 3. The Morgan fingerprint density at radius 1 is 1.13 bits per heavy atom. The highest BCUT2D eigenvalue weighted by Gasteiger charge is 2.47. The number of halogens is 3. The minimum absolute atomic E-state index is 0.00768. The average molecular weight is 726 g/mol. The molecular formula is C39H50F3N5O5. The van der Waals surface area contributed by atoms with E-state index in [9.17, 15) is 27.9 Å². The summed E-state index contributed by atoms with van der Waals surface area (Å²) in [6.07, 6.45) is 7.22. The summed E-state index contributed by atoms with van der Waals surface area (Å²) in [6, 6.07) is 6.76. The van der Waals surface area contributed by atoms with Gasteiger partial charge in [-0.25, -0.2) is 5.01 Å². The van der Waals surface area contributed by atoms with Crippen molar-refractivity contribution in [2.45, 2.75) is 65.1 Å². The number of terminal acetylenes is 1. The minimum atomic E-state index is -4.62. The molecular weight excluding hydrogens is 675 g/mol. The number of likely N-dealkylation sites (N-methyl/N-ethyl adjacent to an activating group) is 1. The molecule has 52 heavy (non-hydrogen) atoms. The first-order valence-electron chi connectivity index (χ1n) is 17.1. The van der Waals surface area contributed by atoms with Crippen LogP contribution in [0.3, 0.4) is 0 Å². The smallest absolute Gasteiger partial charge is 0.416 e. The summed E-state index contributed by atoms with van der Waals surface area (Å²) in [5.74, 6) is -0.197. The van der Waals surface area contributed by atoms with Gasteiger partial charge in [0.25, 0.3) is 5.91 Å². The Morgan fingerprint density at radius 2 is 1.81 bits per heavy atom. The molecule has 2 aromatic rings. The second-order valence-electron chi connectivity index (χ2n) is 13.0. The summed E-state index contributed by atoms with van der Waals surface area (Å²) in [5, 5.41) is 16.2. The third-order valence-electron chi connectivity index (χ3n) is 9.59. The number of morpholine rings is 1. The van der Waals surface area contributed by atoms with Gasteiger partial charge in [-0.1, -0.05) is 11.6 Å². The Morgan fingerprint density at radius 3 is 2.37 bits per heavy atom. The Hall–Kier alpha value is -4.64. The molecule has 0 bridgehead atoms. The zero-order valence-corrected chi connectivity index (χ0v) is 30.8. The van der Waals surface area contributed by atoms with Crippen LogP contribution in [-0.2, 0) is 26.9 Å². The number of aliphatic hydroxyl groups excluding tert-OH is 1. The molecule has 4 rings (SSSR count). The number of amides is 2. The summed E-state index contributed by atoms with van der Waals surface area (Å²) in [7, 11) is 3.09. The number of aliphatic imine (C=N–C) groups is 1. The van der Waals surface area contributed by atoms with Gasteiger partial charge in [0, 0.05) is 45.7 Å². The van der Waals surface area contributed by atoms with Gasteiger partial charge in [-0.05, 0) is 94.0 Å². The van der Waals surface area contributed by atoms with Crippen LogP contribution in [0.15, 0.2) is 58.3 Å². The Bertz CT molecular complexity index is 1680. The van der Waals surface area contributed by atoms with Crippen molar-refractivity contribution in [3.05, 3.63) is 81.1 Å². The fraction of sp³-hybridized carbons (Fsp3) is 0.462. The van der Waals surface area contributed by atoms with E-state index in [2.05, 4.69) is 33.5 Å². The predicted molar refractivity (Wildman–Crippen MR) is 197 cm³/mol. The van der Waals surface area contributed by atoms with Crippen LogP contribution in [0.4, 0.5) is 18.9 Å². The summed E-state index contributed by atoms with van der Waals surface area (Å²) in [4.78, 5) is 32.2. The summed E-state index contributed by atoms with van der Waals surface area (Å²) < 4.78 is 53.0. The second-order valence-corrected chi connectivity index (χ2v) is 13.0. The van der Waals surface area contributed by atoms with Crippen molar-refractivity contribution in [2.75, 3.05) is 58.9 Å². The molecule has 1 aliphatic heterocycles. The van der Waals surface area contributed by atoms with E-state index in [-0.39, 0.29) is 34.7 Å². The number of alkyl halides is 3. The molecule has 1 saturated carbocycles. The van der Waals surface area contributed by atoms with Crippen LogP contribution < -0.4 is 15.5 Å². The van der Waals surface area contributed by atoms with Crippen LogP contribution in [-0.4, -0.2) is 92.1 Å². The first kappa shape index (κ1) is 41.8. The number of carbonyl (C=O) groups is 2. The molecule has 10 nitrogen and oxygen atoms in total. The molecule has 1 aliphatic carbocycles. The quantitative estimate of drug-likeness (QED) is 0.0533. The molecule has 2 amide bonds. The van der Waals surface area contributed by atoms with E-state index >= 15 is 0 Å². The van der Waals surface area contributed by atoms with Gasteiger partial charge in [0.2, 0.25) is 6.41 Å². The van der Waals surface area contributed by atoms with Gasteiger partial charge in [0.05, 0.1) is 41.3 Å². The number of rotatable bonds is 14. The molecule has 0 unspecified atom stereocenters.